The predicted octanol–water partition coefficient (Wildman–Crippen LogP) is 5.03. The Labute approximate surface area is 139 Å². The van der Waals surface area contributed by atoms with Crippen molar-refractivity contribution >= 4 is 27.8 Å². The summed E-state index contributed by atoms with van der Waals surface area (Å²) in [7, 11) is 0. The molecule has 0 aliphatic heterocycles. The second-order valence-corrected chi connectivity index (χ2v) is 5.61. The molecule has 0 amide bonds. The van der Waals surface area contributed by atoms with Crippen molar-refractivity contribution in [2.45, 2.75) is 13.3 Å². The summed E-state index contributed by atoms with van der Waals surface area (Å²) in [6.45, 7) is 6.09. The average molecular weight is 360 g/mol. The quantitative estimate of drug-likeness (QED) is 0.580. The first-order valence-electron chi connectivity index (χ1n) is 7.03. The van der Waals surface area contributed by atoms with E-state index in [1.54, 1.807) is 18.4 Å². The minimum absolute atomic E-state index is 0.168. The van der Waals surface area contributed by atoms with Crippen LogP contribution >= 0.6 is 15.9 Å². The molecule has 0 fully saturated rings. The van der Waals surface area contributed by atoms with Crippen molar-refractivity contribution in [3.8, 4) is 11.5 Å². The third-order valence-corrected chi connectivity index (χ3v) is 3.50. The molecule has 0 aromatic heterocycles. The molecule has 2 rings (SSSR count). The fourth-order valence-electron chi connectivity index (χ4n) is 2.05. The minimum Gasteiger partial charge on any atom is -0.504 e. The predicted molar refractivity (Wildman–Crippen MR) is 94.6 cm³/mol. The molecule has 0 aliphatic carbocycles. The summed E-state index contributed by atoms with van der Waals surface area (Å²) in [6.07, 6.45) is 4.08. The Morgan fingerprint density at radius 1 is 1.32 bits per heavy atom. The lowest BCUT2D eigenvalue weighted by Crippen LogP contribution is -1.96. The van der Waals surface area contributed by atoms with E-state index in [9.17, 15) is 5.11 Å². The Hall–Kier alpha value is -2.07. The van der Waals surface area contributed by atoms with Crippen LogP contribution in [0.15, 0.2) is 58.5 Å². The molecule has 114 valence electrons. The number of rotatable bonds is 6. The van der Waals surface area contributed by atoms with Gasteiger partial charge in [-0.3, -0.25) is 4.99 Å². The van der Waals surface area contributed by atoms with E-state index in [1.807, 2.05) is 37.3 Å². The lowest BCUT2D eigenvalue weighted by molar-refractivity contribution is 0.317. The van der Waals surface area contributed by atoms with Gasteiger partial charge in [-0.15, -0.1) is 6.58 Å². The Balaban J connectivity index is 2.35. The molecule has 0 saturated heterocycles. The smallest absolute Gasteiger partial charge is 0.161 e. The largest absolute Gasteiger partial charge is 0.504 e. The highest BCUT2D eigenvalue weighted by molar-refractivity contribution is 9.10. The summed E-state index contributed by atoms with van der Waals surface area (Å²) in [5, 5.41) is 10.2. The first kappa shape index (κ1) is 16.3. The van der Waals surface area contributed by atoms with Gasteiger partial charge in [0.25, 0.3) is 0 Å². The van der Waals surface area contributed by atoms with Gasteiger partial charge < -0.3 is 9.84 Å². The summed E-state index contributed by atoms with van der Waals surface area (Å²) in [6, 6.07) is 11.4. The Bertz CT molecular complexity index is 695. The third kappa shape index (κ3) is 4.21. The van der Waals surface area contributed by atoms with Crippen LogP contribution in [0.4, 0.5) is 5.69 Å². The van der Waals surface area contributed by atoms with Gasteiger partial charge in [0, 0.05) is 16.3 Å². The highest BCUT2D eigenvalue weighted by atomic mass is 79.9. The molecule has 0 radical (unpaired) electrons. The van der Waals surface area contributed by atoms with E-state index in [4.69, 9.17) is 4.74 Å². The van der Waals surface area contributed by atoms with Crippen molar-refractivity contribution in [1.29, 1.82) is 0 Å². The fraction of sp³-hybridized carbons (Fsp3) is 0.167. The minimum atomic E-state index is 0.168. The van der Waals surface area contributed by atoms with Crippen LogP contribution < -0.4 is 4.74 Å². The number of phenolic OH excluding ortho intramolecular Hbond substituents is 1. The van der Waals surface area contributed by atoms with Gasteiger partial charge in [-0.2, -0.15) is 0 Å². The van der Waals surface area contributed by atoms with Crippen LogP contribution in [0.25, 0.3) is 0 Å². The SMILES string of the molecule is C=CCc1cc(C=Nc2cccc(Br)c2)cc(OCC)c1O. The van der Waals surface area contributed by atoms with Gasteiger partial charge >= 0.3 is 0 Å². The number of hydrogen-bond acceptors (Lipinski definition) is 3. The zero-order chi connectivity index (χ0) is 15.9. The maximum absolute atomic E-state index is 10.2. The van der Waals surface area contributed by atoms with Gasteiger partial charge in [-0.25, -0.2) is 0 Å². The molecule has 0 saturated carbocycles. The van der Waals surface area contributed by atoms with Crippen LogP contribution in [-0.4, -0.2) is 17.9 Å². The van der Waals surface area contributed by atoms with Crippen molar-refractivity contribution in [1.82, 2.24) is 0 Å². The lowest BCUT2D eigenvalue weighted by atomic mass is 10.1. The molecule has 0 bridgehead atoms. The second kappa shape index (κ2) is 7.80. The monoisotopic (exact) mass is 359 g/mol. The van der Waals surface area contributed by atoms with E-state index in [0.717, 1.165) is 21.3 Å². The van der Waals surface area contributed by atoms with Crippen LogP contribution in [-0.2, 0) is 6.42 Å². The van der Waals surface area contributed by atoms with Crippen LogP contribution in [0.1, 0.15) is 18.1 Å². The fourth-order valence-corrected chi connectivity index (χ4v) is 2.43. The molecule has 1 N–H and O–H groups in total. The number of aromatic hydroxyl groups is 1. The van der Waals surface area contributed by atoms with Gasteiger partial charge in [-0.1, -0.05) is 28.1 Å². The van der Waals surface area contributed by atoms with E-state index in [0.29, 0.717) is 18.8 Å². The van der Waals surface area contributed by atoms with Crippen molar-refractivity contribution < 1.29 is 9.84 Å². The Kier molecular flexibility index (Phi) is 5.78. The van der Waals surface area contributed by atoms with E-state index in [-0.39, 0.29) is 5.75 Å². The van der Waals surface area contributed by atoms with E-state index in [1.165, 1.54) is 0 Å². The van der Waals surface area contributed by atoms with E-state index >= 15 is 0 Å². The van der Waals surface area contributed by atoms with Gasteiger partial charge in [-0.05, 0) is 49.2 Å². The number of benzene rings is 2. The van der Waals surface area contributed by atoms with Gasteiger partial charge in [0.2, 0.25) is 0 Å². The van der Waals surface area contributed by atoms with Crippen molar-refractivity contribution in [2.75, 3.05) is 6.61 Å². The van der Waals surface area contributed by atoms with E-state index < -0.39 is 0 Å². The maximum Gasteiger partial charge on any atom is 0.161 e. The normalized spacial score (nSPS) is 10.8. The molecule has 0 aliphatic rings. The summed E-state index contributed by atoms with van der Waals surface area (Å²) < 4.78 is 6.46. The van der Waals surface area contributed by atoms with Crippen LogP contribution in [0.2, 0.25) is 0 Å². The summed E-state index contributed by atoms with van der Waals surface area (Å²) in [4.78, 5) is 4.45. The number of allylic oxidation sites excluding steroid dienone is 1. The van der Waals surface area contributed by atoms with Crippen molar-refractivity contribution in [3.63, 3.8) is 0 Å². The molecule has 3 nitrogen and oxygen atoms in total. The van der Waals surface area contributed by atoms with Crippen molar-refractivity contribution in [3.05, 3.63) is 64.7 Å². The number of aliphatic imine (C=N–C) groups is 1. The molecule has 2 aromatic carbocycles. The summed E-state index contributed by atoms with van der Waals surface area (Å²) in [5.41, 5.74) is 2.50. The van der Waals surface area contributed by atoms with E-state index in [2.05, 4.69) is 27.5 Å². The Morgan fingerprint density at radius 3 is 2.82 bits per heavy atom. The topological polar surface area (TPSA) is 41.8 Å². The molecule has 0 spiro atoms. The number of phenols is 1. The molecule has 22 heavy (non-hydrogen) atoms. The summed E-state index contributed by atoms with van der Waals surface area (Å²) >= 11 is 3.42. The second-order valence-electron chi connectivity index (χ2n) is 4.69. The number of halogens is 1. The number of hydrogen-bond donors (Lipinski definition) is 1. The number of ether oxygens (including phenoxy) is 1. The molecule has 4 heteroatoms. The molecular weight excluding hydrogens is 342 g/mol. The number of nitrogens with zero attached hydrogens (tertiary/aromatic N) is 1. The van der Waals surface area contributed by atoms with Crippen LogP contribution in [0, 0.1) is 0 Å². The maximum atomic E-state index is 10.2. The first-order valence-corrected chi connectivity index (χ1v) is 7.82. The molecule has 0 heterocycles. The van der Waals surface area contributed by atoms with Gasteiger partial charge in [0.1, 0.15) is 0 Å². The van der Waals surface area contributed by atoms with Crippen LogP contribution in [0.5, 0.6) is 11.5 Å². The first-order chi connectivity index (χ1) is 10.6. The highest BCUT2D eigenvalue weighted by Crippen LogP contribution is 2.32. The standard InChI is InChI=1S/C18H18BrNO2/c1-3-6-14-9-13(10-17(18(14)21)22-4-2)12-20-16-8-5-7-15(19)11-16/h3,5,7-12,21H,1,4,6H2,2H3. The highest BCUT2D eigenvalue weighted by Gasteiger charge is 2.09. The molecular formula is C18H18BrNO2. The third-order valence-electron chi connectivity index (χ3n) is 3.01. The van der Waals surface area contributed by atoms with Gasteiger partial charge in [0.05, 0.1) is 12.3 Å². The zero-order valence-electron chi connectivity index (χ0n) is 12.4. The van der Waals surface area contributed by atoms with Crippen molar-refractivity contribution in [2.24, 2.45) is 4.99 Å². The van der Waals surface area contributed by atoms with Gasteiger partial charge in [0.15, 0.2) is 11.5 Å². The molecule has 0 atom stereocenters. The lowest BCUT2D eigenvalue weighted by Gasteiger charge is -2.10. The molecule has 2 aromatic rings. The van der Waals surface area contributed by atoms with Crippen LogP contribution in [0.3, 0.4) is 0 Å². The molecule has 0 unspecified atom stereocenters. The summed E-state index contributed by atoms with van der Waals surface area (Å²) in [5.74, 6) is 0.638. The average Bonchev–Trinajstić information content (AvgIpc) is 2.50. The zero-order valence-corrected chi connectivity index (χ0v) is 14.0. The Morgan fingerprint density at radius 2 is 2.14 bits per heavy atom.